The van der Waals surface area contributed by atoms with Crippen LogP contribution in [0.4, 0.5) is 5.95 Å². The highest BCUT2D eigenvalue weighted by Crippen LogP contribution is 2.39. The first-order chi connectivity index (χ1) is 13.9. The van der Waals surface area contributed by atoms with Crippen LogP contribution in [0.25, 0.3) is 11.5 Å². The van der Waals surface area contributed by atoms with Gasteiger partial charge in [0.1, 0.15) is 5.69 Å². The van der Waals surface area contributed by atoms with E-state index in [0.717, 1.165) is 38.5 Å². The molecule has 0 radical (unpaired) electrons. The lowest BCUT2D eigenvalue weighted by atomic mass is 9.74. The molecule has 2 aromatic heterocycles. The Morgan fingerprint density at radius 2 is 1.83 bits per heavy atom. The fraction of sp³-hybridized carbons (Fsp3) is 0.636. The summed E-state index contributed by atoms with van der Waals surface area (Å²) in [5.74, 6) is 0.592. The number of nitrogens with zero attached hydrogens (tertiary/aromatic N) is 4. The number of rotatable bonds is 4. The molecule has 2 N–H and O–H groups in total. The van der Waals surface area contributed by atoms with Crippen molar-refractivity contribution in [1.82, 2.24) is 20.0 Å². The molecule has 2 heterocycles. The third kappa shape index (κ3) is 4.43. The Labute approximate surface area is 172 Å². The van der Waals surface area contributed by atoms with Crippen molar-refractivity contribution in [2.24, 2.45) is 5.41 Å². The molecule has 29 heavy (non-hydrogen) atoms. The maximum absolute atomic E-state index is 13.6. The molecule has 0 unspecified atom stereocenters. The molecule has 7 nitrogen and oxygen atoms in total. The van der Waals surface area contributed by atoms with E-state index >= 15 is 0 Å². The van der Waals surface area contributed by atoms with Gasteiger partial charge in [0.05, 0.1) is 0 Å². The molecule has 0 saturated heterocycles. The minimum atomic E-state index is -0.0152. The zero-order valence-electron chi connectivity index (χ0n) is 17.4. The fourth-order valence-corrected chi connectivity index (χ4v) is 4.79. The monoisotopic (exact) mass is 397 g/mol. The van der Waals surface area contributed by atoms with Gasteiger partial charge in [0, 0.05) is 24.3 Å². The minimum absolute atomic E-state index is 0.0152. The van der Waals surface area contributed by atoms with Crippen molar-refractivity contribution in [1.29, 1.82) is 0 Å². The quantitative estimate of drug-likeness (QED) is 0.818. The molecule has 2 aliphatic carbocycles. The van der Waals surface area contributed by atoms with Crippen LogP contribution in [0.1, 0.15) is 82.1 Å². The van der Waals surface area contributed by atoms with E-state index in [9.17, 15) is 4.79 Å². The summed E-state index contributed by atoms with van der Waals surface area (Å²) in [6.07, 6.45) is 11.8. The maximum atomic E-state index is 13.6. The van der Waals surface area contributed by atoms with Gasteiger partial charge >= 0.3 is 0 Å². The Morgan fingerprint density at radius 3 is 2.52 bits per heavy atom. The SMILES string of the molecule is CC1(C)CCC(N(C(=O)c2cc(-c3ccnc(N)n3)on2)C2CCCCC2)CC1. The first-order valence-electron chi connectivity index (χ1n) is 10.8. The van der Waals surface area contributed by atoms with Gasteiger partial charge in [-0.3, -0.25) is 4.79 Å². The summed E-state index contributed by atoms with van der Waals surface area (Å²) in [6.45, 7) is 4.65. The summed E-state index contributed by atoms with van der Waals surface area (Å²) in [7, 11) is 0. The van der Waals surface area contributed by atoms with Gasteiger partial charge in [0.25, 0.3) is 5.91 Å². The summed E-state index contributed by atoms with van der Waals surface area (Å²) in [5, 5.41) is 4.09. The summed E-state index contributed by atoms with van der Waals surface area (Å²) in [5.41, 5.74) is 6.92. The number of nitrogens with two attached hydrogens (primary N) is 1. The van der Waals surface area contributed by atoms with E-state index in [1.54, 1.807) is 18.3 Å². The molecule has 0 aromatic carbocycles. The van der Waals surface area contributed by atoms with E-state index in [-0.39, 0.29) is 17.9 Å². The van der Waals surface area contributed by atoms with Crippen LogP contribution in [0.15, 0.2) is 22.9 Å². The van der Waals surface area contributed by atoms with Gasteiger partial charge in [-0.2, -0.15) is 0 Å². The van der Waals surface area contributed by atoms with Gasteiger partial charge in [0.15, 0.2) is 11.5 Å². The first-order valence-corrected chi connectivity index (χ1v) is 10.8. The molecule has 4 rings (SSSR count). The molecule has 0 atom stereocenters. The summed E-state index contributed by atoms with van der Waals surface area (Å²) < 4.78 is 5.44. The molecule has 7 heteroatoms. The number of carbonyl (C=O) groups is 1. The van der Waals surface area contributed by atoms with Gasteiger partial charge in [0.2, 0.25) is 5.95 Å². The molecule has 0 bridgehead atoms. The molecule has 156 valence electrons. The number of amides is 1. The van der Waals surface area contributed by atoms with Crippen LogP contribution >= 0.6 is 0 Å². The van der Waals surface area contributed by atoms with Gasteiger partial charge < -0.3 is 15.2 Å². The van der Waals surface area contributed by atoms with Crippen LogP contribution in [0.2, 0.25) is 0 Å². The maximum Gasteiger partial charge on any atom is 0.276 e. The molecular weight excluding hydrogens is 366 g/mol. The van der Waals surface area contributed by atoms with Crippen molar-refractivity contribution in [2.75, 3.05) is 5.73 Å². The topological polar surface area (TPSA) is 98.1 Å². The van der Waals surface area contributed by atoms with Crippen molar-refractivity contribution in [3.63, 3.8) is 0 Å². The Kier molecular flexibility index (Phi) is 5.56. The molecule has 2 aliphatic rings. The van der Waals surface area contributed by atoms with E-state index in [0.29, 0.717) is 28.6 Å². The second kappa shape index (κ2) is 8.13. The molecule has 0 spiro atoms. The average Bonchev–Trinajstić information content (AvgIpc) is 3.20. The Bertz CT molecular complexity index is 846. The number of carbonyl (C=O) groups excluding carboxylic acids is 1. The Hall–Kier alpha value is -2.44. The van der Waals surface area contributed by atoms with Gasteiger partial charge in [-0.15, -0.1) is 0 Å². The van der Waals surface area contributed by atoms with Crippen molar-refractivity contribution < 1.29 is 9.32 Å². The van der Waals surface area contributed by atoms with E-state index < -0.39 is 0 Å². The van der Waals surface area contributed by atoms with Crippen LogP contribution < -0.4 is 5.73 Å². The number of hydrogen-bond acceptors (Lipinski definition) is 6. The minimum Gasteiger partial charge on any atom is -0.368 e. The number of hydrogen-bond donors (Lipinski definition) is 1. The molecule has 2 fully saturated rings. The van der Waals surface area contributed by atoms with Gasteiger partial charge in [-0.1, -0.05) is 38.3 Å². The fourth-order valence-electron chi connectivity index (χ4n) is 4.79. The highest BCUT2D eigenvalue weighted by atomic mass is 16.5. The third-order valence-electron chi connectivity index (χ3n) is 6.56. The van der Waals surface area contributed by atoms with E-state index in [1.807, 2.05) is 0 Å². The van der Waals surface area contributed by atoms with E-state index in [4.69, 9.17) is 10.3 Å². The van der Waals surface area contributed by atoms with Crippen LogP contribution in [0, 0.1) is 5.41 Å². The lowest BCUT2D eigenvalue weighted by Gasteiger charge is -2.44. The van der Waals surface area contributed by atoms with Crippen molar-refractivity contribution in [3.8, 4) is 11.5 Å². The Morgan fingerprint density at radius 1 is 1.14 bits per heavy atom. The van der Waals surface area contributed by atoms with E-state index in [1.165, 1.54) is 19.3 Å². The zero-order chi connectivity index (χ0) is 20.4. The van der Waals surface area contributed by atoms with Crippen LogP contribution in [0.5, 0.6) is 0 Å². The van der Waals surface area contributed by atoms with Gasteiger partial charge in [-0.25, -0.2) is 9.97 Å². The van der Waals surface area contributed by atoms with Crippen molar-refractivity contribution >= 4 is 11.9 Å². The predicted octanol–water partition coefficient (Wildman–Crippen LogP) is 4.46. The molecule has 2 aromatic rings. The highest BCUT2D eigenvalue weighted by Gasteiger charge is 2.37. The lowest BCUT2D eigenvalue weighted by Crippen LogP contribution is -2.50. The summed E-state index contributed by atoms with van der Waals surface area (Å²) in [6, 6.07) is 3.98. The van der Waals surface area contributed by atoms with Crippen LogP contribution in [-0.4, -0.2) is 38.0 Å². The van der Waals surface area contributed by atoms with E-state index in [2.05, 4.69) is 33.9 Å². The standard InChI is InChI=1S/C22H31N5O2/c1-22(2)11-8-16(9-12-22)27(15-6-4-3-5-7-15)20(28)18-14-19(29-26-18)17-10-13-24-21(23)25-17/h10,13-16H,3-9,11-12H2,1-2H3,(H2,23,24,25). The predicted molar refractivity (Wildman–Crippen MR) is 111 cm³/mol. The summed E-state index contributed by atoms with van der Waals surface area (Å²) in [4.78, 5) is 23.8. The third-order valence-corrected chi connectivity index (χ3v) is 6.56. The molecule has 2 saturated carbocycles. The molecular formula is C22H31N5O2. The molecule has 1 amide bonds. The molecule has 0 aliphatic heterocycles. The Balaban J connectivity index is 1.58. The summed E-state index contributed by atoms with van der Waals surface area (Å²) >= 11 is 0. The average molecular weight is 398 g/mol. The van der Waals surface area contributed by atoms with Crippen LogP contribution in [-0.2, 0) is 0 Å². The highest BCUT2D eigenvalue weighted by molar-refractivity contribution is 5.93. The van der Waals surface area contributed by atoms with Crippen molar-refractivity contribution in [2.45, 2.75) is 83.7 Å². The normalized spacial score (nSPS) is 20.5. The largest absolute Gasteiger partial charge is 0.368 e. The van der Waals surface area contributed by atoms with Gasteiger partial charge in [-0.05, 0) is 50.0 Å². The smallest absolute Gasteiger partial charge is 0.276 e. The number of anilines is 1. The van der Waals surface area contributed by atoms with Crippen molar-refractivity contribution in [3.05, 3.63) is 24.0 Å². The number of aromatic nitrogens is 3. The number of nitrogen functional groups attached to an aromatic ring is 1. The lowest BCUT2D eigenvalue weighted by molar-refractivity contribution is 0.0351. The zero-order valence-corrected chi connectivity index (χ0v) is 17.4. The first kappa shape index (κ1) is 19.9. The second-order valence-corrected chi connectivity index (χ2v) is 9.28. The van der Waals surface area contributed by atoms with Crippen LogP contribution in [0.3, 0.4) is 0 Å². The second-order valence-electron chi connectivity index (χ2n) is 9.28.